The zero-order chi connectivity index (χ0) is 19.3. The fourth-order valence-corrected chi connectivity index (χ4v) is 4.92. The maximum Gasteiger partial charge on any atom is 0.305 e. The van der Waals surface area contributed by atoms with E-state index in [4.69, 9.17) is 4.42 Å². The number of furan rings is 1. The molecule has 4 aromatic rings. The number of hydrogen-bond acceptors (Lipinski definition) is 6. The van der Waals surface area contributed by atoms with Crippen molar-refractivity contribution in [3.8, 4) is 0 Å². The molecule has 0 spiro atoms. The molecule has 0 radical (unpaired) electrons. The summed E-state index contributed by atoms with van der Waals surface area (Å²) >= 11 is 1.57. The number of rotatable bonds is 3. The average molecular weight is 394 g/mol. The Morgan fingerprint density at radius 2 is 2.07 bits per heavy atom. The molecule has 1 aromatic carbocycles. The number of aromatic nitrogens is 2. The van der Waals surface area contributed by atoms with Crippen molar-refractivity contribution in [1.29, 1.82) is 0 Å². The van der Waals surface area contributed by atoms with Crippen LogP contribution in [-0.2, 0) is 19.9 Å². The Balaban J connectivity index is 1.44. The van der Waals surface area contributed by atoms with E-state index in [-0.39, 0.29) is 11.3 Å². The van der Waals surface area contributed by atoms with Gasteiger partial charge in [-0.3, -0.25) is 25.0 Å². The van der Waals surface area contributed by atoms with E-state index in [0.29, 0.717) is 11.5 Å². The van der Waals surface area contributed by atoms with Crippen LogP contribution in [0.5, 0.6) is 0 Å². The van der Waals surface area contributed by atoms with E-state index in [9.17, 15) is 9.59 Å². The molecule has 1 aliphatic carbocycles. The highest BCUT2D eigenvalue weighted by molar-refractivity contribution is 7.18. The molecule has 8 heteroatoms. The number of para-hydroxylation sites is 1. The summed E-state index contributed by atoms with van der Waals surface area (Å²) in [6, 6.07) is 9.09. The molecule has 3 heterocycles. The van der Waals surface area contributed by atoms with Gasteiger partial charge in [0.25, 0.3) is 5.56 Å². The maximum atomic E-state index is 12.9. The van der Waals surface area contributed by atoms with Crippen molar-refractivity contribution in [2.24, 2.45) is 7.05 Å². The normalized spacial score (nSPS) is 13.6. The lowest BCUT2D eigenvalue weighted by Gasteiger charge is -2.12. The molecule has 7 nitrogen and oxygen atoms in total. The Kier molecular flexibility index (Phi) is 3.94. The lowest BCUT2D eigenvalue weighted by atomic mass is 9.97. The number of hydrogen-bond donors (Lipinski definition) is 2. The molecule has 2 N–H and O–H groups in total. The molecule has 3 aromatic heterocycles. The summed E-state index contributed by atoms with van der Waals surface area (Å²) < 4.78 is 6.99. The third-order valence-corrected chi connectivity index (χ3v) is 6.32. The molecule has 142 valence electrons. The van der Waals surface area contributed by atoms with E-state index in [2.05, 4.69) is 15.8 Å². The maximum absolute atomic E-state index is 12.9. The number of fused-ring (bicyclic) bond motifs is 4. The highest BCUT2D eigenvalue weighted by atomic mass is 32.1. The predicted molar refractivity (Wildman–Crippen MR) is 109 cm³/mol. The van der Waals surface area contributed by atoms with Crippen molar-refractivity contribution in [2.45, 2.75) is 25.7 Å². The Bertz CT molecular complexity index is 1250. The van der Waals surface area contributed by atoms with E-state index < -0.39 is 5.91 Å². The molecule has 0 saturated carbocycles. The van der Waals surface area contributed by atoms with Gasteiger partial charge in [-0.15, -0.1) is 11.3 Å². The van der Waals surface area contributed by atoms with Crippen LogP contribution in [0.4, 0.5) is 5.95 Å². The Labute approximate surface area is 164 Å². The van der Waals surface area contributed by atoms with Gasteiger partial charge in [-0.2, -0.15) is 0 Å². The molecule has 1 aliphatic rings. The smallest absolute Gasteiger partial charge is 0.305 e. The van der Waals surface area contributed by atoms with Crippen LogP contribution in [0.3, 0.4) is 0 Å². The van der Waals surface area contributed by atoms with Crippen molar-refractivity contribution >= 4 is 44.4 Å². The second-order valence-corrected chi connectivity index (χ2v) is 8.00. The number of thiophene rings is 1. The van der Waals surface area contributed by atoms with Crippen molar-refractivity contribution in [2.75, 3.05) is 5.43 Å². The first-order chi connectivity index (χ1) is 13.6. The number of aryl methyl sites for hydroxylation is 2. The second kappa shape index (κ2) is 6.49. The van der Waals surface area contributed by atoms with Crippen LogP contribution >= 0.6 is 11.3 Å². The fourth-order valence-electron chi connectivity index (χ4n) is 3.67. The van der Waals surface area contributed by atoms with Crippen LogP contribution in [0.2, 0.25) is 0 Å². The van der Waals surface area contributed by atoms with E-state index in [0.717, 1.165) is 46.8 Å². The van der Waals surface area contributed by atoms with Gasteiger partial charge in [-0.1, -0.05) is 18.2 Å². The standard InChI is InChI=1S/C20H18N4O3S/c1-24-19(26)16-12-7-3-5-9-15(12)28-18(16)21-20(24)23-22-17(25)14-10-11-6-2-4-8-13(11)27-14/h2,4,6,8,10H,3,5,7,9H2,1H3,(H,21,23)(H,22,25). The molecular weight excluding hydrogens is 376 g/mol. The first-order valence-electron chi connectivity index (χ1n) is 9.18. The Morgan fingerprint density at radius 3 is 2.93 bits per heavy atom. The summed E-state index contributed by atoms with van der Waals surface area (Å²) in [5.74, 6) is 0.0444. The summed E-state index contributed by atoms with van der Waals surface area (Å²) in [4.78, 5) is 31.9. The van der Waals surface area contributed by atoms with Crippen molar-refractivity contribution in [3.05, 3.63) is 56.9 Å². The van der Waals surface area contributed by atoms with Gasteiger partial charge in [-0.05, 0) is 43.4 Å². The number of anilines is 1. The highest BCUT2D eigenvalue weighted by Gasteiger charge is 2.21. The second-order valence-electron chi connectivity index (χ2n) is 6.92. The number of amides is 1. The lowest BCUT2D eigenvalue weighted by molar-refractivity contribution is 0.0937. The number of carbonyl (C=O) groups is 1. The summed E-state index contributed by atoms with van der Waals surface area (Å²) in [5.41, 5.74) is 7.04. The number of nitrogens with one attached hydrogen (secondary N) is 2. The number of hydrazine groups is 1. The van der Waals surface area contributed by atoms with Crippen LogP contribution in [0.25, 0.3) is 21.2 Å². The number of nitrogens with zero attached hydrogens (tertiary/aromatic N) is 2. The summed E-state index contributed by atoms with van der Waals surface area (Å²) in [5, 5.41) is 1.57. The van der Waals surface area contributed by atoms with Crippen LogP contribution in [0, 0.1) is 0 Å². The molecule has 0 saturated heterocycles. The quantitative estimate of drug-likeness (QED) is 0.520. The van der Waals surface area contributed by atoms with Gasteiger partial charge < -0.3 is 4.42 Å². The zero-order valence-electron chi connectivity index (χ0n) is 15.2. The van der Waals surface area contributed by atoms with Gasteiger partial charge in [0.05, 0.1) is 5.39 Å². The van der Waals surface area contributed by atoms with E-state index in [1.807, 2.05) is 18.2 Å². The largest absolute Gasteiger partial charge is 0.451 e. The van der Waals surface area contributed by atoms with Crippen LogP contribution in [-0.4, -0.2) is 15.5 Å². The fraction of sp³-hybridized carbons (Fsp3) is 0.250. The minimum absolute atomic E-state index is 0.0927. The van der Waals surface area contributed by atoms with Crippen LogP contribution in [0.1, 0.15) is 33.8 Å². The number of benzene rings is 1. The van der Waals surface area contributed by atoms with E-state index in [1.165, 1.54) is 9.44 Å². The molecule has 0 atom stereocenters. The number of carbonyl (C=O) groups excluding carboxylic acids is 1. The van der Waals surface area contributed by atoms with Crippen molar-refractivity contribution in [3.63, 3.8) is 0 Å². The summed E-state index contributed by atoms with van der Waals surface area (Å²) in [7, 11) is 1.65. The first kappa shape index (κ1) is 17.0. The summed E-state index contributed by atoms with van der Waals surface area (Å²) in [6.45, 7) is 0. The van der Waals surface area contributed by atoms with E-state index in [1.54, 1.807) is 30.5 Å². The Hall–Kier alpha value is -3.13. The molecule has 1 amide bonds. The van der Waals surface area contributed by atoms with Gasteiger partial charge in [0, 0.05) is 17.3 Å². The van der Waals surface area contributed by atoms with Crippen LogP contribution < -0.4 is 16.4 Å². The molecule has 0 fully saturated rings. The SMILES string of the molecule is Cn1c(NNC(=O)c2cc3ccccc3o2)nc2sc3c(c2c1=O)CCCC3. The third-order valence-electron chi connectivity index (χ3n) is 5.13. The predicted octanol–water partition coefficient (Wildman–Crippen LogP) is 3.38. The third kappa shape index (κ3) is 2.68. The van der Waals surface area contributed by atoms with Crippen LogP contribution in [0.15, 0.2) is 39.5 Å². The molecule has 0 aliphatic heterocycles. The van der Waals surface area contributed by atoms with Gasteiger partial charge in [0.1, 0.15) is 10.4 Å². The minimum atomic E-state index is -0.434. The molecule has 0 bridgehead atoms. The molecule has 5 rings (SSSR count). The Morgan fingerprint density at radius 1 is 1.25 bits per heavy atom. The molecule has 0 unspecified atom stereocenters. The minimum Gasteiger partial charge on any atom is -0.451 e. The zero-order valence-corrected chi connectivity index (χ0v) is 16.1. The van der Waals surface area contributed by atoms with E-state index >= 15 is 0 Å². The molecular formula is C20H18N4O3S. The topological polar surface area (TPSA) is 89.2 Å². The van der Waals surface area contributed by atoms with Crippen molar-refractivity contribution < 1.29 is 9.21 Å². The van der Waals surface area contributed by atoms with Gasteiger partial charge in [-0.25, -0.2) is 4.98 Å². The molecule has 28 heavy (non-hydrogen) atoms. The first-order valence-corrected chi connectivity index (χ1v) is 9.99. The van der Waals surface area contributed by atoms with Crippen molar-refractivity contribution in [1.82, 2.24) is 15.0 Å². The highest BCUT2D eigenvalue weighted by Crippen LogP contribution is 2.34. The van der Waals surface area contributed by atoms with Gasteiger partial charge >= 0.3 is 5.91 Å². The monoisotopic (exact) mass is 394 g/mol. The average Bonchev–Trinajstić information content (AvgIpc) is 3.30. The lowest BCUT2D eigenvalue weighted by Crippen LogP contribution is -2.33. The van der Waals surface area contributed by atoms with Gasteiger partial charge in [0.15, 0.2) is 5.76 Å². The van der Waals surface area contributed by atoms with Gasteiger partial charge in [0.2, 0.25) is 5.95 Å². The summed E-state index contributed by atoms with van der Waals surface area (Å²) in [6.07, 6.45) is 4.20.